The van der Waals surface area contributed by atoms with E-state index in [1.165, 1.54) is 0 Å². The van der Waals surface area contributed by atoms with E-state index < -0.39 is 25.6 Å². The van der Waals surface area contributed by atoms with E-state index in [0.29, 0.717) is 0 Å². The van der Waals surface area contributed by atoms with Crippen LogP contribution in [0.2, 0.25) is 5.02 Å². The number of halogens is 1. The van der Waals surface area contributed by atoms with Gasteiger partial charge in [-0.1, -0.05) is 0 Å². The monoisotopic (exact) mass is 279 g/mol. The van der Waals surface area contributed by atoms with Gasteiger partial charge in [-0.2, -0.15) is 0 Å². The molecule has 3 nitrogen and oxygen atoms in total. The number of carbonyl (C=O) groups is 1. The summed E-state index contributed by atoms with van der Waals surface area (Å²) in [6.45, 7) is 0. The summed E-state index contributed by atoms with van der Waals surface area (Å²) in [5, 5.41) is 8.95. The molecule has 0 rings (SSSR count). The SMILES string of the molecule is NC([CH2][Zn][I])C(=O)O. The average molecular weight is 280 g/mol. The van der Waals surface area contributed by atoms with E-state index in [2.05, 4.69) is 19.8 Å². The van der Waals surface area contributed by atoms with Gasteiger partial charge in [-0.05, 0) is 0 Å². The van der Waals surface area contributed by atoms with Crippen molar-refractivity contribution in [3.63, 3.8) is 0 Å². The fraction of sp³-hybridized carbons (Fsp3) is 0.667. The molecule has 0 fully saturated rings. The fourth-order valence-electron chi connectivity index (χ4n) is 0.241. The molecule has 44 valence electrons. The van der Waals surface area contributed by atoms with Crippen molar-refractivity contribution in [1.29, 1.82) is 0 Å². The molecule has 0 aromatic heterocycles. The van der Waals surface area contributed by atoms with Crippen molar-refractivity contribution in [3.05, 3.63) is 0 Å². The molecule has 0 aromatic carbocycles. The molecule has 5 heteroatoms. The first-order valence-corrected chi connectivity index (χ1v) is 13.4. The van der Waals surface area contributed by atoms with Gasteiger partial charge in [0.15, 0.2) is 0 Å². The van der Waals surface area contributed by atoms with Crippen LogP contribution in [0.4, 0.5) is 0 Å². The summed E-state index contributed by atoms with van der Waals surface area (Å²) in [4.78, 5) is 9.99. The van der Waals surface area contributed by atoms with Gasteiger partial charge in [0, 0.05) is 0 Å². The molecule has 3 N–H and O–H groups in total. The van der Waals surface area contributed by atoms with Crippen LogP contribution in [0.3, 0.4) is 0 Å². The molecule has 0 heterocycles. The number of carboxylic acid groups (broad SMARTS) is 1. The van der Waals surface area contributed by atoms with Gasteiger partial charge in [0.05, 0.1) is 0 Å². The van der Waals surface area contributed by atoms with Crippen molar-refractivity contribution in [3.8, 4) is 0 Å². The number of nitrogens with two attached hydrogens (primary N) is 1. The fourth-order valence-corrected chi connectivity index (χ4v) is 4.74. The topological polar surface area (TPSA) is 63.3 Å². The van der Waals surface area contributed by atoms with Crippen LogP contribution in [0.15, 0.2) is 0 Å². The van der Waals surface area contributed by atoms with Crippen LogP contribution in [0.5, 0.6) is 0 Å². The third-order valence-electron chi connectivity index (χ3n) is 0.737. The standard InChI is InChI=1S/C3H6NO2.HI.Zn/c1-2(4)3(5)6;;/h2H,1,4H2,(H,5,6);1H;/q;;+1/p-1. The van der Waals surface area contributed by atoms with Gasteiger partial charge in [0.1, 0.15) is 0 Å². The summed E-state index contributed by atoms with van der Waals surface area (Å²) in [6.07, 6.45) is 0. The zero-order valence-corrected chi connectivity index (χ0v) is 9.43. The Kier molecular flexibility index (Phi) is 5.10. The van der Waals surface area contributed by atoms with Crippen molar-refractivity contribution in [2.45, 2.75) is 11.1 Å². The molecule has 0 saturated heterocycles. The summed E-state index contributed by atoms with van der Waals surface area (Å²) in [7, 11) is 0. The normalized spacial score (nSPS) is 12.2. The molecule has 0 aliphatic rings. The molecule has 0 saturated carbocycles. The van der Waals surface area contributed by atoms with Gasteiger partial charge in [-0.15, -0.1) is 0 Å². The Morgan fingerprint density at radius 2 is 2.50 bits per heavy atom. The predicted octanol–water partition coefficient (Wildman–Crippen LogP) is 0.249. The van der Waals surface area contributed by atoms with E-state index in [-0.39, 0.29) is 0 Å². The molecule has 0 aromatic rings. The molecular formula is C3H6INO2Zn. The number of hydrogen-bond acceptors (Lipinski definition) is 2. The van der Waals surface area contributed by atoms with Crippen molar-refractivity contribution in [2.75, 3.05) is 0 Å². The Morgan fingerprint density at radius 3 is 2.62 bits per heavy atom. The Labute approximate surface area is 65.8 Å². The molecular weight excluding hydrogens is 274 g/mol. The third kappa shape index (κ3) is 3.75. The van der Waals surface area contributed by atoms with Crippen LogP contribution in [-0.4, -0.2) is 17.1 Å². The Hall–Kier alpha value is 0.783. The molecule has 1 atom stereocenters. The number of hydrogen-bond donors (Lipinski definition) is 2. The maximum absolute atomic E-state index is 9.99. The quantitative estimate of drug-likeness (QED) is 0.575. The number of rotatable bonds is 3. The average Bonchev–Trinajstić information content (AvgIpc) is 1.67. The van der Waals surface area contributed by atoms with E-state index in [1.807, 2.05) is 0 Å². The summed E-state index contributed by atoms with van der Waals surface area (Å²) in [5.41, 5.74) is 5.17. The van der Waals surface area contributed by atoms with Crippen LogP contribution in [0.25, 0.3) is 0 Å². The number of carboxylic acids is 1. The van der Waals surface area contributed by atoms with Gasteiger partial charge in [0.25, 0.3) is 0 Å². The second-order valence-corrected chi connectivity index (χ2v) is 9.03. The molecule has 8 heavy (non-hydrogen) atoms. The zero-order valence-electron chi connectivity index (χ0n) is 4.30. The van der Waals surface area contributed by atoms with Crippen molar-refractivity contribution in [1.82, 2.24) is 0 Å². The van der Waals surface area contributed by atoms with Crippen LogP contribution >= 0.6 is 19.8 Å². The molecule has 0 bridgehead atoms. The molecule has 0 amide bonds. The Balaban J connectivity index is 3.32. The number of aliphatic carboxylic acids is 1. The first-order chi connectivity index (χ1) is 3.68. The van der Waals surface area contributed by atoms with Crippen LogP contribution in [-0.2, 0) is 18.4 Å². The molecule has 0 radical (unpaired) electrons. The summed E-state index contributed by atoms with van der Waals surface area (Å²) >= 11 is 1.71. The van der Waals surface area contributed by atoms with Crippen LogP contribution in [0.1, 0.15) is 0 Å². The van der Waals surface area contributed by atoms with E-state index in [4.69, 9.17) is 10.8 Å². The van der Waals surface area contributed by atoms with Gasteiger partial charge in [-0.3, -0.25) is 0 Å². The van der Waals surface area contributed by atoms with Gasteiger partial charge in [-0.25, -0.2) is 0 Å². The van der Waals surface area contributed by atoms with Crippen molar-refractivity contribution < 1.29 is 23.5 Å². The van der Waals surface area contributed by atoms with Crippen molar-refractivity contribution in [2.24, 2.45) is 5.73 Å². The van der Waals surface area contributed by atoms with E-state index in [0.717, 1.165) is 5.02 Å². The zero-order chi connectivity index (χ0) is 6.57. The van der Waals surface area contributed by atoms with Gasteiger partial charge < -0.3 is 0 Å². The molecule has 0 aliphatic heterocycles. The Bertz CT molecular complexity index is 89.4. The molecule has 0 spiro atoms. The predicted molar refractivity (Wildman–Crippen MR) is 34.4 cm³/mol. The molecule has 0 aliphatic carbocycles. The minimum atomic E-state index is -0.868. The summed E-state index contributed by atoms with van der Waals surface area (Å²) < 4.78 is 0. The maximum atomic E-state index is 9.99. The van der Waals surface area contributed by atoms with Crippen LogP contribution in [0, 0.1) is 0 Å². The van der Waals surface area contributed by atoms with Gasteiger partial charge >= 0.3 is 66.0 Å². The van der Waals surface area contributed by atoms with E-state index in [1.54, 1.807) is 0 Å². The van der Waals surface area contributed by atoms with Crippen LogP contribution < -0.4 is 5.73 Å². The second-order valence-electron chi connectivity index (χ2n) is 1.42. The minimum absolute atomic E-state index is 0.565. The van der Waals surface area contributed by atoms with Crippen molar-refractivity contribution >= 4 is 25.7 Å². The summed E-state index contributed by atoms with van der Waals surface area (Å²) in [6, 6.07) is -0.591. The molecule has 1 unspecified atom stereocenters. The van der Waals surface area contributed by atoms with Gasteiger partial charge in [0.2, 0.25) is 0 Å². The second kappa shape index (κ2) is 4.64. The first-order valence-electron chi connectivity index (χ1n) is 2.23. The summed E-state index contributed by atoms with van der Waals surface area (Å²) in [5.74, 6) is -0.868. The van der Waals surface area contributed by atoms with E-state index >= 15 is 0 Å². The first kappa shape index (κ1) is 8.78. The Morgan fingerprint density at radius 1 is 2.00 bits per heavy atom. The van der Waals surface area contributed by atoms with E-state index in [9.17, 15) is 4.79 Å². The third-order valence-corrected chi connectivity index (χ3v) is 5.74.